The molecule has 7 heteroatoms. The van der Waals surface area contributed by atoms with Crippen LogP contribution in [0.15, 0.2) is 29.3 Å². The van der Waals surface area contributed by atoms with Crippen LogP contribution in [0.4, 0.5) is 0 Å². The molecule has 1 unspecified atom stereocenters. The third-order valence-corrected chi connectivity index (χ3v) is 6.20. The summed E-state index contributed by atoms with van der Waals surface area (Å²) in [7, 11) is 1.93. The molecule has 26 heavy (non-hydrogen) atoms. The lowest BCUT2D eigenvalue weighted by Crippen LogP contribution is -2.19. The molecule has 3 heterocycles. The van der Waals surface area contributed by atoms with Crippen LogP contribution < -0.4 is 5.32 Å². The van der Waals surface area contributed by atoms with Crippen molar-refractivity contribution in [1.82, 2.24) is 20.1 Å². The molecule has 0 amide bonds. The molecule has 0 bridgehead atoms. The molecule has 0 saturated carbocycles. The average molecular weight is 386 g/mol. The molecule has 0 saturated heterocycles. The van der Waals surface area contributed by atoms with Gasteiger partial charge in [0.05, 0.1) is 5.71 Å². The Bertz CT molecular complexity index is 1000. The van der Waals surface area contributed by atoms with Crippen LogP contribution in [0.3, 0.4) is 0 Å². The first-order chi connectivity index (χ1) is 12.5. The maximum atomic E-state index is 6.10. The lowest BCUT2D eigenvalue weighted by molar-refractivity contribution is 0.612. The second-order valence-electron chi connectivity index (χ2n) is 6.46. The third-order valence-electron chi connectivity index (χ3n) is 4.75. The third kappa shape index (κ3) is 2.69. The highest BCUT2D eigenvalue weighted by Crippen LogP contribution is 2.38. The minimum absolute atomic E-state index is 0.105. The number of nitrogens with one attached hydrogen (secondary N) is 1. The number of benzene rings is 1. The van der Waals surface area contributed by atoms with E-state index in [-0.39, 0.29) is 6.04 Å². The maximum Gasteiger partial charge on any atom is 0.164 e. The largest absolute Gasteiger partial charge is 0.317 e. The maximum absolute atomic E-state index is 6.10. The lowest BCUT2D eigenvalue weighted by atomic mass is 10.00. The van der Waals surface area contributed by atoms with E-state index in [9.17, 15) is 0 Å². The molecule has 1 aromatic carbocycles. The van der Waals surface area contributed by atoms with Crippen LogP contribution in [0.25, 0.3) is 5.00 Å². The van der Waals surface area contributed by atoms with Gasteiger partial charge >= 0.3 is 0 Å². The number of rotatable bonds is 3. The van der Waals surface area contributed by atoms with Crippen LogP contribution in [0.1, 0.15) is 39.3 Å². The Labute approximate surface area is 161 Å². The van der Waals surface area contributed by atoms with E-state index in [1.54, 1.807) is 11.3 Å². The monoisotopic (exact) mass is 385 g/mol. The molecule has 1 N–H and O–H groups in total. The van der Waals surface area contributed by atoms with Crippen LogP contribution in [0.5, 0.6) is 0 Å². The van der Waals surface area contributed by atoms with Crippen molar-refractivity contribution in [1.29, 1.82) is 0 Å². The molecule has 2 aromatic heterocycles. The van der Waals surface area contributed by atoms with Gasteiger partial charge in [-0.05, 0) is 45.5 Å². The van der Waals surface area contributed by atoms with E-state index in [2.05, 4.69) is 33.9 Å². The molecule has 0 spiro atoms. The van der Waals surface area contributed by atoms with E-state index in [1.807, 2.05) is 38.2 Å². The zero-order valence-electron chi connectivity index (χ0n) is 15.2. The van der Waals surface area contributed by atoms with E-state index in [0.29, 0.717) is 6.54 Å². The summed E-state index contributed by atoms with van der Waals surface area (Å²) in [5.41, 5.74) is 4.47. The quantitative estimate of drug-likeness (QED) is 0.740. The van der Waals surface area contributed by atoms with Crippen LogP contribution in [-0.4, -0.2) is 34.1 Å². The second kappa shape index (κ2) is 6.61. The first-order valence-corrected chi connectivity index (χ1v) is 9.71. The molecular formula is C19H20ClN5S. The molecule has 0 radical (unpaired) electrons. The number of hydrogen-bond donors (Lipinski definition) is 1. The molecule has 4 rings (SSSR count). The Morgan fingerprint density at radius 2 is 1.88 bits per heavy atom. The summed E-state index contributed by atoms with van der Waals surface area (Å²) in [6.45, 7) is 7.00. The van der Waals surface area contributed by atoms with Gasteiger partial charge in [0.1, 0.15) is 16.9 Å². The zero-order chi connectivity index (χ0) is 18.4. The molecule has 134 valence electrons. The number of nitrogens with zero attached hydrogens (tertiary/aromatic N) is 4. The fourth-order valence-electron chi connectivity index (χ4n) is 3.33. The number of thiophene rings is 1. The Morgan fingerprint density at radius 3 is 2.58 bits per heavy atom. The number of hydrogen-bond acceptors (Lipinski definition) is 5. The van der Waals surface area contributed by atoms with Gasteiger partial charge in [-0.25, -0.2) is 0 Å². The van der Waals surface area contributed by atoms with Gasteiger partial charge in [-0.15, -0.1) is 21.5 Å². The molecule has 5 nitrogen and oxygen atoms in total. The van der Waals surface area contributed by atoms with Crippen molar-refractivity contribution < 1.29 is 0 Å². The SMILES string of the molecule is CNCC1N=C(c2ccc(Cl)cc2)c2c(sc(C)c2C)-n2c(C)nnc21. The van der Waals surface area contributed by atoms with Crippen molar-refractivity contribution in [3.8, 4) is 5.00 Å². The first-order valence-electron chi connectivity index (χ1n) is 8.52. The van der Waals surface area contributed by atoms with Crippen molar-refractivity contribution in [2.45, 2.75) is 26.8 Å². The fraction of sp³-hybridized carbons (Fsp3) is 0.316. The summed E-state index contributed by atoms with van der Waals surface area (Å²) >= 11 is 7.87. The lowest BCUT2D eigenvalue weighted by Gasteiger charge is -2.12. The van der Waals surface area contributed by atoms with Gasteiger partial charge in [0.25, 0.3) is 0 Å². The molecule has 0 aliphatic carbocycles. The van der Waals surface area contributed by atoms with Gasteiger partial charge < -0.3 is 5.32 Å². The topological polar surface area (TPSA) is 55.1 Å². The van der Waals surface area contributed by atoms with E-state index in [4.69, 9.17) is 16.6 Å². The van der Waals surface area contributed by atoms with Gasteiger partial charge in [0.2, 0.25) is 0 Å². The average Bonchev–Trinajstić information content (AvgIpc) is 3.09. The summed E-state index contributed by atoms with van der Waals surface area (Å²) in [6.07, 6.45) is 0. The molecule has 1 atom stereocenters. The smallest absolute Gasteiger partial charge is 0.164 e. The van der Waals surface area contributed by atoms with E-state index in [0.717, 1.165) is 38.5 Å². The predicted molar refractivity (Wildman–Crippen MR) is 107 cm³/mol. The van der Waals surface area contributed by atoms with Crippen molar-refractivity contribution in [2.24, 2.45) is 4.99 Å². The summed E-state index contributed by atoms with van der Waals surface area (Å²) in [6, 6.07) is 7.79. The van der Waals surface area contributed by atoms with Gasteiger partial charge in [-0.2, -0.15) is 0 Å². The molecule has 1 aliphatic rings. The number of likely N-dealkylation sites (N-methyl/N-ethyl adjacent to an activating group) is 1. The van der Waals surface area contributed by atoms with Crippen LogP contribution in [-0.2, 0) is 0 Å². The first kappa shape index (κ1) is 17.4. The Kier molecular flexibility index (Phi) is 4.42. The summed E-state index contributed by atoms with van der Waals surface area (Å²) in [4.78, 5) is 6.41. The standard InChI is InChI=1S/C19H20ClN5S/c1-10-11(2)26-19-16(10)17(13-5-7-14(20)8-6-13)22-15(9-21-4)18-24-23-12(3)25(18)19/h5-8,15,21H,9H2,1-4H3. The Hall–Kier alpha value is -2.02. The molecule has 3 aromatic rings. The van der Waals surface area contributed by atoms with Crippen molar-refractivity contribution in [2.75, 3.05) is 13.6 Å². The van der Waals surface area contributed by atoms with Crippen LogP contribution in [0.2, 0.25) is 5.02 Å². The van der Waals surface area contributed by atoms with E-state index in [1.165, 1.54) is 10.4 Å². The zero-order valence-corrected chi connectivity index (χ0v) is 16.7. The summed E-state index contributed by atoms with van der Waals surface area (Å²) in [5.74, 6) is 1.76. The summed E-state index contributed by atoms with van der Waals surface area (Å²) < 4.78 is 2.16. The molecule has 0 fully saturated rings. The van der Waals surface area contributed by atoms with E-state index < -0.39 is 0 Å². The number of aliphatic imine (C=N–C) groups is 1. The summed E-state index contributed by atoms with van der Waals surface area (Å²) in [5, 5.41) is 13.9. The Balaban J connectivity index is 2.03. The number of halogens is 1. The Morgan fingerprint density at radius 1 is 1.15 bits per heavy atom. The van der Waals surface area contributed by atoms with E-state index >= 15 is 0 Å². The normalized spacial score (nSPS) is 16.0. The minimum Gasteiger partial charge on any atom is -0.317 e. The van der Waals surface area contributed by atoms with Gasteiger partial charge in [0, 0.05) is 27.6 Å². The van der Waals surface area contributed by atoms with Crippen molar-refractivity contribution in [3.63, 3.8) is 0 Å². The highest BCUT2D eigenvalue weighted by Gasteiger charge is 2.30. The fourth-order valence-corrected chi connectivity index (χ4v) is 4.67. The predicted octanol–water partition coefficient (Wildman–Crippen LogP) is 4.02. The highest BCUT2D eigenvalue weighted by atomic mass is 35.5. The molecular weight excluding hydrogens is 366 g/mol. The van der Waals surface area contributed by atoms with Crippen molar-refractivity contribution in [3.05, 3.63) is 62.5 Å². The van der Waals surface area contributed by atoms with Gasteiger partial charge in [-0.3, -0.25) is 9.56 Å². The van der Waals surface area contributed by atoms with Gasteiger partial charge in [-0.1, -0.05) is 23.7 Å². The van der Waals surface area contributed by atoms with Crippen molar-refractivity contribution >= 4 is 28.6 Å². The number of fused-ring (bicyclic) bond motifs is 3. The minimum atomic E-state index is -0.105. The van der Waals surface area contributed by atoms with Crippen LogP contribution in [0, 0.1) is 20.8 Å². The second-order valence-corrected chi connectivity index (χ2v) is 8.10. The highest BCUT2D eigenvalue weighted by molar-refractivity contribution is 7.15. The number of aryl methyl sites for hydroxylation is 2. The molecule has 1 aliphatic heterocycles. The number of aromatic nitrogens is 3. The van der Waals surface area contributed by atoms with Gasteiger partial charge in [0.15, 0.2) is 5.82 Å². The van der Waals surface area contributed by atoms with Crippen LogP contribution >= 0.6 is 22.9 Å².